The summed E-state index contributed by atoms with van der Waals surface area (Å²) in [5.74, 6) is 1.12. The summed E-state index contributed by atoms with van der Waals surface area (Å²) in [5.41, 5.74) is 2.25. The highest BCUT2D eigenvalue weighted by atomic mass is 16.5. The molecule has 2 rings (SSSR count). The summed E-state index contributed by atoms with van der Waals surface area (Å²) in [4.78, 5) is 0. The lowest BCUT2D eigenvalue weighted by molar-refractivity contribution is 0.355. The Morgan fingerprint density at radius 2 is 1.58 bits per heavy atom. The van der Waals surface area contributed by atoms with Gasteiger partial charge in [0, 0.05) is 5.57 Å². The van der Waals surface area contributed by atoms with Gasteiger partial charge >= 0.3 is 0 Å². The minimum atomic E-state index is 0.0365. The SMILES string of the molecule is COc1ccc(C(/C=C/c2ccccc2)=C(C#N)C#N)cc1OC. The van der Waals surface area contributed by atoms with Crippen LogP contribution in [0, 0.1) is 22.7 Å². The van der Waals surface area contributed by atoms with Crippen LogP contribution in [0.4, 0.5) is 0 Å². The van der Waals surface area contributed by atoms with Gasteiger partial charge in [-0.2, -0.15) is 10.5 Å². The van der Waals surface area contributed by atoms with Crippen molar-refractivity contribution in [1.82, 2.24) is 0 Å². The smallest absolute Gasteiger partial charge is 0.161 e. The van der Waals surface area contributed by atoms with Crippen LogP contribution in [-0.2, 0) is 0 Å². The Morgan fingerprint density at radius 1 is 0.917 bits per heavy atom. The first-order valence-corrected chi connectivity index (χ1v) is 7.23. The molecule has 0 aliphatic rings. The monoisotopic (exact) mass is 316 g/mol. The Hall–Kier alpha value is -3.50. The van der Waals surface area contributed by atoms with Crippen molar-refractivity contribution in [2.45, 2.75) is 0 Å². The minimum absolute atomic E-state index is 0.0365. The molecule has 0 saturated carbocycles. The summed E-state index contributed by atoms with van der Waals surface area (Å²) >= 11 is 0. The number of methoxy groups -OCH3 is 2. The molecule has 2 aromatic rings. The van der Waals surface area contributed by atoms with Gasteiger partial charge in [0.2, 0.25) is 0 Å². The normalized spacial score (nSPS) is 9.83. The zero-order chi connectivity index (χ0) is 17.4. The highest BCUT2D eigenvalue weighted by Gasteiger charge is 2.10. The fourth-order valence-electron chi connectivity index (χ4n) is 2.22. The maximum absolute atomic E-state index is 9.26. The number of allylic oxidation sites excluding steroid dienone is 3. The highest BCUT2D eigenvalue weighted by Crippen LogP contribution is 2.32. The number of rotatable bonds is 5. The average Bonchev–Trinajstić information content (AvgIpc) is 2.65. The molecule has 118 valence electrons. The Morgan fingerprint density at radius 3 is 2.17 bits per heavy atom. The van der Waals surface area contributed by atoms with Crippen molar-refractivity contribution < 1.29 is 9.47 Å². The summed E-state index contributed by atoms with van der Waals surface area (Å²) < 4.78 is 10.5. The van der Waals surface area contributed by atoms with Crippen molar-refractivity contribution >= 4 is 11.6 Å². The van der Waals surface area contributed by atoms with Gasteiger partial charge < -0.3 is 9.47 Å². The van der Waals surface area contributed by atoms with Gasteiger partial charge in [0.15, 0.2) is 11.5 Å². The third-order valence-electron chi connectivity index (χ3n) is 3.43. The third kappa shape index (κ3) is 3.82. The summed E-state index contributed by atoms with van der Waals surface area (Å²) in [5, 5.41) is 18.5. The second-order valence-electron chi connectivity index (χ2n) is 4.83. The van der Waals surface area contributed by atoms with Crippen molar-refractivity contribution in [2.24, 2.45) is 0 Å². The van der Waals surface area contributed by atoms with Crippen LogP contribution in [0.15, 0.2) is 60.2 Å². The van der Waals surface area contributed by atoms with Gasteiger partial charge in [-0.3, -0.25) is 0 Å². The van der Waals surface area contributed by atoms with Gasteiger partial charge in [-0.25, -0.2) is 0 Å². The van der Waals surface area contributed by atoms with Crippen LogP contribution in [0.3, 0.4) is 0 Å². The lowest BCUT2D eigenvalue weighted by Crippen LogP contribution is -1.93. The molecule has 0 aliphatic carbocycles. The van der Waals surface area contributed by atoms with E-state index in [0.717, 1.165) is 5.56 Å². The molecule has 0 bridgehead atoms. The van der Waals surface area contributed by atoms with E-state index in [2.05, 4.69) is 0 Å². The molecule has 0 amide bonds. The van der Waals surface area contributed by atoms with Crippen LogP contribution in [0.2, 0.25) is 0 Å². The van der Waals surface area contributed by atoms with E-state index < -0.39 is 0 Å². The minimum Gasteiger partial charge on any atom is -0.493 e. The molecule has 0 unspecified atom stereocenters. The molecule has 24 heavy (non-hydrogen) atoms. The molecule has 0 radical (unpaired) electrons. The number of hydrogen-bond donors (Lipinski definition) is 0. The van der Waals surface area contributed by atoms with E-state index >= 15 is 0 Å². The van der Waals surface area contributed by atoms with Crippen LogP contribution in [0.5, 0.6) is 11.5 Å². The largest absolute Gasteiger partial charge is 0.493 e. The van der Waals surface area contributed by atoms with Crippen molar-refractivity contribution in [2.75, 3.05) is 14.2 Å². The standard InChI is InChI=1S/C20H16N2O2/c1-23-19-11-9-16(12-20(19)24-2)18(17(13-21)14-22)10-8-15-6-4-3-5-7-15/h3-12H,1-2H3/b10-8+. The van der Waals surface area contributed by atoms with Gasteiger partial charge in [0.25, 0.3) is 0 Å². The van der Waals surface area contributed by atoms with Crippen molar-refractivity contribution in [3.8, 4) is 23.6 Å². The Bertz CT molecular complexity index is 837. The second-order valence-corrected chi connectivity index (χ2v) is 4.83. The first-order valence-electron chi connectivity index (χ1n) is 7.23. The second kappa shape index (κ2) is 8.22. The Balaban J connectivity index is 2.53. The topological polar surface area (TPSA) is 66.0 Å². The Kier molecular flexibility index (Phi) is 5.77. The lowest BCUT2D eigenvalue weighted by atomic mass is 9.99. The summed E-state index contributed by atoms with van der Waals surface area (Å²) in [7, 11) is 3.10. The van der Waals surface area contributed by atoms with E-state index in [-0.39, 0.29) is 5.57 Å². The zero-order valence-corrected chi connectivity index (χ0v) is 13.5. The molecule has 0 N–H and O–H groups in total. The fraction of sp³-hybridized carbons (Fsp3) is 0.100. The van der Waals surface area contributed by atoms with E-state index in [4.69, 9.17) is 9.47 Å². The number of benzene rings is 2. The van der Waals surface area contributed by atoms with Crippen LogP contribution in [0.1, 0.15) is 11.1 Å². The number of ether oxygens (including phenoxy) is 2. The number of nitriles is 2. The Labute approximate surface area is 141 Å². The van der Waals surface area contributed by atoms with E-state index in [0.29, 0.717) is 22.6 Å². The molecule has 0 aromatic heterocycles. The molecule has 4 nitrogen and oxygen atoms in total. The molecule has 2 aromatic carbocycles. The van der Waals surface area contributed by atoms with Gasteiger partial charge in [-0.1, -0.05) is 48.6 Å². The van der Waals surface area contributed by atoms with Crippen LogP contribution >= 0.6 is 0 Å². The van der Waals surface area contributed by atoms with Gasteiger partial charge in [-0.15, -0.1) is 0 Å². The first kappa shape index (κ1) is 16.9. The predicted molar refractivity (Wildman–Crippen MR) is 93.2 cm³/mol. The molecular formula is C20H16N2O2. The molecule has 0 spiro atoms. The maximum Gasteiger partial charge on any atom is 0.161 e. The van der Waals surface area contributed by atoms with E-state index in [1.807, 2.05) is 48.5 Å². The molecule has 4 heteroatoms. The van der Waals surface area contributed by atoms with Crippen molar-refractivity contribution in [1.29, 1.82) is 10.5 Å². The zero-order valence-electron chi connectivity index (χ0n) is 13.5. The summed E-state index contributed by atoms with van der Waals surface area (Å²) in [6, 6.07) is 18.9. The molecule has 0 fully saturated rings. The molecular weight excluding hydrogens is 300 g/mol. The molecule has 0 atom stereocenters. The average molecular weight is 316 g/mol. The fourth-order valence-corrected chi connectivity index (χ4v) is 2.22. The summed E-state index contributed by atoms with van der Waals surface area (Å²) in [6.07, 6.45) is 3.62. The van der Waals surface area contributed by atoms with Crippen LogP contribution < -0.4 is 9.47 Å². The van der Waals surface area contributed by atoms with Gasteiger partial charge in [0.05, 0.1) is 14.2 Å². The first-order chi connectivity index (χ1) is 11.7. The van der Waals surface area contributed by atoms with Crippen molar-refractivity contribution in [3.05, 3.63) is 71.3 Å². The molecule has 0 aliphatic heterocycles. The third-order valence-corrected chi connectivity index (χ3v) is 3.43. The highest BCUT2D eigenvalue weighted by molar-refractivity contribution is 5.86. The number of hydrogen-bond acceptors (Lipinski definition) is 4. The molecule has 0 heterocycles. The van der Waals surface area contributed by atoms with Gasteiger partial charge in [0.1, 0.15) is 17.7 Å². The number of nitrogens with zero attached hydrogens (tertiary/aromatic N) is 2. The van der Waals surface area contributed by atoms with Gasteiger partial charge in [-0.05, 0) is 23.3 Å². The predicted octanol–water partition coefficient (Wildman–Crippen LogP) is 4.22. The van der Waals surface area contributed by atoms with E-state index in [9.17, 15) is 10.5 Å². The summed E-state index contributed by atoms with van der Waals surface area (Å²) in [6.45, 7) is 0. The van der Waals surface area contributed by atoms with Crippen LogP contribution in [0.25, 0.3) is 11.6 Å². The lowest BCUT2D eigenvalue weighted by Gasteiger charge is -2.10. The quantitative estimate of drug-likeness (QED) is 0.612. The molecule has 0 saturated heterocycles. The maximum atomic E-state index is 9.26. The van der Waals surface area contributed by atoms with Crippen LogP contribution in [-0.4, -0.2) is 14.2 Å². The van der Waals surface area contributed by atoms with Crippen molar-refractivity contribution in [3.63, 3.8) is 0 Å². The van der Waals surface area contributed by atoms with E-state index in [1.165, 1.54) is 0 Å². The van der Waals surface area contributed by atoms with E-state index in [1.54, 1.807) is 38.5 Å².